The number of hydrogen-bond acceptors (Lipinski definition) is 8. The topological polar surface area (TPSA) is 150 Å². The van der Waals surface area contributed by atoms with E-state index in [0.29, 0.717) is 5.56 Å². The number of halogens is 3. The van der Waals surface area contributed by atoms with Crippen LogP contribution in [0.15, 0.2) is 36.5 Å². The summed E-state index contributed by atoms with van der Waals surface area (Å²) in [5.41, 5.74) is 5.16. The number of benzene rings is 1. The smallest absolute Gasteiger partial charge is 0.483 e. The molecule has 1 aromatic heterocycles. The minimum absolute atomic E-state index is 0.239. The normalized spacial score (nSPS) is 10.8. The van der Waals surface area contributed by atoms with Gasteiger partial charge in [-0.25, -0.2) is 14.6 Å². The van der Waals surface area contributed by atoms with E-state index in [1.165, 1.54) is 12.1 Å². The third kappa shape index (κ3) is 6.94. The van der Waals surface area contributed by atoms with E-state index < -0.39 is 42.5 Å². The first-order valence-corrected chi connectivity index (χ1v) is 8.00. The van der Waals surface area contributed by atoms with Crippen molar-refractivity contribution in [3.05, 3.63) is 47.7 Å². The number of hydrogen-bond donors (Lipinski definition) is 3. The Morgan fingerprint density at radius 3 is 2.40 bits per heavy atom. The zero-order valence-corrected chi connectivity index (χ0v) is 14.9. The van der Waals surface area contributed by atoms with Crippen LogP contribution in [0.1, 0.15) is 15.9 Å². The molecular formula is C17H14F3N3O7. The summed E-state index contributed by atoms with van der Waals surface area (Å²) < 4.78 is 50.5. The van der Waals surface area contributed by atoms with Gasteiger partial charge in [0.15, 0.2) is 5.75 Å². The summed E-state index contributed by atoms with van der Waals surface area (Å²) in [5.74, 6) is -3.31. The summed E-state index contributed by atoms with van der Waals surface area (Å²) in [7, 11) is 0. The summed E-state index contributed by atoms with van der Waals surface area (Å²) in [6.07, 6.45) is -5.16. The molecule has 0 aliphatic heterocycles. The molecule has 0 saturated heterocycles. The predicted molar refractivity (Wildman–Crippen MR) is 91.9 cm³/mol. The number of alkyl halides is 3. The molecule has 0 saturated carbocycles. The number of carboxylic acids is 1. The van der Waals surface area contributed by atoms with E-state index in [4.69, 9.17) is 20.3 Å². The first-order valence-electron chi connectivity index (χ1n) is 8.00. The standard InChI is InChI=1S/C17H14F3N3O7/c18-17(19,20)30-11-3-1-9(2-4-11)8-28-12-5-10(15(25)26)7-22-14(12)29-16(27)23-13(24)6-21/h1-5,7H,6,8,21H2,(H,25,26)(H,23,24,27). The minimum Gasteiger partial charge on any atom is -0.483 e. The van der Waals surface area contributed by atoms with Crippen LogP contribution in [-0.4, -0.2) is 41.0 Å². The van der Waals surface area contributed by atoms with Gasteiger partial charge < -0.3 is 25.1 Å². The lowest BCUT2D eigenvalue weighted by Gasteiger charge is -2.12. The van der Waals surface area contributed by atoms with Crippen LogP contribution in [0.3, 0.4) is 0 Å². The fourth-order valence-electron chi connectivity index (χ4n) is 1.96. The minimum atomic E-state index is -4.83. The van der Waals surface area contributed by atoms with Crippen LogP contribution in [0.2, 0.25) is 0 Å². The SMILES string of the molecule is NCC(=O)NC(=O)Oc1ncc(C(=O)O)cc1OCc1ccc(OC(F)(F)F)cc1. The molecule has 1 heterocycles. The van der Waals surface area contributed by atoms with Crippen molar-refractivity contribution < 1.29 is 46.9 Å². The molecule has 10 nitrogen and oxygen atoms in total. The second kappa shape index (κ2) is 9.56. The van der Waals surface area contributed by atoms with Gasteiger partial charge in [0.25, 0.3) is 5.88 Å². The number of carboxylic acid groups (broad SMARTS) is 1. The van der Waals surface area contributed by atoms with Gasteiger partial charge in [-0.1, -0.05) is 12.1 Å². The number of rotatable bonds is 7. The van der Waals surface area contributed by atoms with E-state index in [1.807, 2.05) is 0 Å². The monoisotopic (exact) mass is 429 g/mol. The molecular weight excluding hydrogens is 415 g/mol. The fraction of sp³-hybridized carbons (Fsp3) is 0.176. The lowest BCUT2D eigenvalue weighted by Crippen LogP contribution is -2.37. The van der Waals surface area contributed by atoms with E-state index in [9.17, 15) is 27.6 Å². The molecule has 4 N–H and O–H groups in total. The first-order chi connectivity index (χ1) is 14.1. The molecule has 0 atom stereocenters. The maximum Gasteiger partial charge on any atom is 0.573 e. The number of aromatic nitrogens is 1. The van der Waals surface area contributed by atoms with Crippen molar-refractivity contribution in [1.29, 1.82) is 0 Å². The Balaban J connectivity index is 2.14. The summed E-state index contributed by atoms with van der Waals surface area (Å²) in [6, 6.07) is 5.69. The molecule has 0 radical (unpaired) electrons. The maximum atomic E-state index is 12.2. The lowest BCUT2D eigenvalue weighted by molar-refractivity contribution is -0.274. The molecule has 0 spiro atoms. The zero-order valence-electron chi connectivity index (χ0n) is 14.9. The number of nitrogens with one attached hydrogen (secondary N) is 1. The van der Waals surface area contributed by atoms with Crippen LogP contribution in [0.4, 0.5) is 18.0 Å². The summed E-state index contributed by atoms with van der Waals surface area (Å²) in [5, 5.41) is 10.9. The number of imide groups is 1. The highest BCUT2D eigenvalue weighted by Gasteiger charge is 2.31. The average Bonchev–Trinajstić information content (AvgIpc) is 2.66. The average molecular weight is 429 g/mol. The lowest BCUT2D eigenvalue weighted by atomic mass is 10.2. The number of amides is 2. The van der Waals surface area contributed by atoms with Gasteiger partial charge in [-0.2, -0.15) is 0 Å². The molecule has 13 heteroatoms. The molecule has 2 aromatic rings. The number of pyridine rings is 1. The van der Waals surface area contributed by atoms with E-state index >= 15 is 0 Å². The molecule has 2 rings (SSSR count). The van der Waals surface area contributed by atoms with Crippen LogP contribution in [0, 0.1) is 0 Å². The molecule has 2 amide bonds. The molecule has 0 bridgehead atoms. The van der Waals surface area contributed by atoms with Crippen molar-refractivity contribution in [3.8, 4) is 17.4 Å². The number of aromatic carboxylic acids is 1. The number of nitrogens with two attached hydrogens (primary N) is 1. The molecule has 160 valence electrons. The van der Waals surface area contributed by atoms with Crippen LogP contribution >= 0.6 is 0 Å². The third-order valence-corrected chi connectivity index (χ3v) is 3.23. The van der Waals surface area contributed by atoms with Gasteiger partial charge in [-0.05, 0) is 17.7 Å². The van der Waals surface area contributed by atoms with E-state index in [1.54, 1.807) is 5.32 Å². The molecule has 30 heavy (non-hydrogen) atoms. The van der Waals surface area contributed by atoms with E-state index in [2.05, 4.69) is 9.72 Å². The Bertz CT molecular complexity index is 933. The Hall–Kier alpha value is -3.87. The molecule has 0 unspecified atom stereocenters. The van der Waals surface area contributed by atoms with Gasteiger partial charge in [0.1, 0.15) is 12.4 Å². The Kier molecular flexibility index (Phi) is 7.14. The van der Waals surface area contributed by atoms with Crippen molar-refractivity contribution in [1.82, 2.24) is 10.3 Å². The highest BCUT2D eigenvalue weighted by atomic mass is 19.4. The van der Waals surface area contributed by atoms with Crippen LogP contribution in [0.5, 0.6) is 17.4 Å². The number of ether oxygens (including phenoxy) is 3. The van der Waals surface area contributed by atoms with Gasteiger partial charge in [0.2, 0.25) is 5.91 Å². The van der Waals surface area contributed by atoms with Crippen molar-refractivity contribution >= 4 is 18.0 Å². The second-order valence-corrected chi connectivity index (χ2v) is 5.45. The van der Waals surface area contributed by atoms with Crippen LogP contribution in [-0.2, 0) is 11.4 Å². The molecule has 0 aliphatic carbocycles. The largest absolute Gasteiger partial charge is 0.573 e. The molecule has 0 aliphatic rings. The summed E-state index contributed by atoms with van der Waals surface area (Å²) >= 11 is 0. The fourth-order valence-corrected chi connectivity index (χ4v) is 1.96. The van der Waals surface area contributed by atoms with Crippen LogP contribution < -0.4 is 25.3 Å². The van der Waals surface area contributed by atoms with E-state index in [-0.39, 0.29) is 17.9 Å². The zero-order chi connectivity index (χ0) is 22.3. The van der Waals surface area contributed by atoms with Crippen molar-refractivity contribution in [3.63, 3.8) is 0 Å². The number of carbonyl (C=O) groups excluding carboxylic acids is 2. The Labute approximate surface area is 166 Å². The first kappa shape index (κ1) is 22.4. The van der Waals surface area contributed by atoms with Gasteiger partial charge >= 0.3 is 18.4 Å². The second-order valence-electron chi connectivity index (χ2n) is 5.45. The molecule has 0 fully saturated rings. The van der Waals surface area contributed by atoms with Gasteiger partial charge in [-0.15, -0.1) is 13.2 Å². The predicted octanol–water partition coefficient (Wildman–Crippen LogP) is 1.83. The Morgan fingerprint density at radius 2 is 1.83 bits per heavy atom. The summed E-state index contributed by atoms with van der Waals surface area (Å²) in [6.45, 7) is -0.714. The highest BCUT2D eigenvalue weighted by Crippen LogP contribution is 2.27. The Morgan fingerprint density at radius 1 is 1.17 bits per heavy atom. The third-order valence-electron chi connectivity index (χ3n) is 3.23. The summed E-state index contributed by atoms with van der Waals surface area (Å²) in [4.78, 5) is 37.6. The molecule has 1 aromatic carbocycles. The number of carbonyl (C=O) groups is 3. The van der Waals surface area contributed by atoms with E-state index in [0.717, 1.165) is 24.4 Å². The van der Waals surface area contributed by atoms with Gasteiger partial charge in [0, 0.05) is 12.3 Å². The maximum absolute atomic E-state index is 12.2. The van der Waals surface area contributed by atoms with Crippen molar-refractivity contribution in [2.45, 2.75) is 13.0 Å². The van der Waals surface area contributed by atoms with Crippen LogP contribution in [0.25, 0.3) is 0 Å². The quantitative estimate of drug-likeness (QED) is 0.599. The van der Waals surface area contributed by atoms with Gasteiger partial charge in [-0.3, -0.25) is 10.1 Å². The van der Waals surface area contributed by atoms with Gasteiger partial charge in [0.05, 0.1) is 12.1 Å². The number of nitrogens with zero attached hydrogens (tertiary/aromatic N) is 1. The van der Waals surface area contributed by atoms with Crippen molar-refractivity contribution in [2.24, 2.45) is 5.73 Å². The van der Waals surface area contributed by atoms with Crippen molar-refractivity contribution in [2.75, 3.05) is 6.54 Å². The highest BCUT2D eigenvalue weighted by molar-refractivity contribution is 5.93.